The van der Waals surface area contributed by atoms with Crippen molar-refractivity contribution in [2.75, 3.05) is 31.1 Å². The molecule has 1 aromatic heterocycles. The fourth-order valence-electron chi connectivity index (χ4n) is 4.96. The Hall–Kier alpha value is -2.58. The van der Waals surface area contributed by atoms with Gasteiger partial charge in [0.15, 0.2) is 0 Å². The molecule has 2 aliphatic heterocycles. The van der Waals surface area contributed by atoms with E-state index in [-0.39, 0.29) is 0 Å². The van der Waals surface area contributed by atoms with Gasteiger partial charge in [-0.05, 0) is 61.9 Å². The Morgan fingerprint density at radius 3 is 2.39 bits per heavy atom. The number of thioether (sulfide) groups is 1. The molecule has 0 unspecified atom stereocenters. The number of anilines is 1. The summed E-state index contributed by atoms with van der Waals surface area (Å²) in [6, 6.07) is 11.3. The normalized spacial score (nSPS) is 17.2. The van der Waals surface area contributed by atoms with E-state index in [1.165, 1.54) is 31.5 Å². The van der Waals surface area contributed by atoms with Gasteiger partial charge in [0, 0.05) is 31.4 Å². The van der Waals surface area contributed by atoms with Gasteiger partial charge in [-0.1, -0.05) is 31.2 Å². The summed E-state index contributed by atoms with van der Waals surface area (Å²) in [5.41, 5.74) is 9.94. The molecule has 0 bridgehead atoms. The van der Waals surface area contributed by atoms with Crippen LogP contribution in [0.5, 0.6) is 0 Å². The Balaban J connectivity index is 1.58. The summed E-state index contributed by atoms with van der Waals surface area (Å²) in [4.78, 5) is 13.7. The standard InChI is InChI=1S/C26H32N6S/c1-3-22-23(17-28)26(33-18-20-8-6-19(16-27)7-9-20)30-25(24(22)29-2)32-14-10-21(11-15-32)31-12-4-5-13-31/h6-9,21H,3-5,10-16,18,27H2,1H3. The summed E-state index contributed by atoms with van der Waals surface area (Å²) in [5.74, 6) is 1.49. The summed E-state index contributed by atoms with van der Waals surface area (Å²) in [6.45, 7) is 14.7. The molecule has 2 saturated heterocycles. The summed E-state index contributed by atoms with van der Waals surface area (Å²) in [7, 11) is 0. The number of nitriles is 1. The Morgan fingerprint density at radius 1 is 1.15 bits per heavy atom. The molecule has 2 aromatic rings. The van der Waals surface area contributed by atoms with E-state index in [9.17, 15) is 5.26 Å². The number of hydrogen-bond donors (Lipinski definition) is 1. The molecule has 0 radical (unpaired) electrons. The highest BCUT2D eigenvalue weighted by Gasteiger charge is 2.29. The Kier molecular flexibility index (Phi) is 7.88. The van der Waals surface area contributed by atoms with Crippen LogP contribution < -0.4 is 10.6 Å². The Labute approximate surface area is 201 Å². The minimum absolute atomic E-state index is 0.531. The second kappa shape index (κ2) is 11.0. The molecule has 0 saturated carbocycles. The maximum absolute atomic E-state index is 9.93. The molecule has 0 aliphatic carbocycles. The van der Waals surface area contributed by atoms with Crippen molar-refractivity contribution >= 4 is 23.3 Å². The number of nitrogens with zero attached hydrogens (tertiary/aromatic N) is 5. The van der Waals surface area contributed by atoms with Gasteiger partial charge in [0.25, 0.3) is 0 Å². The highest BCUT2D eigenvalue weighted by Crippen LogP contribution is 2.40. The van der Waals surface area contributed by atoms with E-state index < -0.39 is 0 Å². The maximum Gasteiger partial charge on any atom is 0.232 e. The van der Waals surface area contributed by atoms with E-state index in [0.29, 0.717) is 30.3 Å². The van der Waals surface area contributed by atoms with Crippen molar-refractivity contribution in [1.82, 2.24) is 9.88 Å². The molecule has 0 amide bonds. The second-order valence-electron chi connectivity index (χ2n) is 8.79. The highest BCUT2D eigenvalue weighted by molar-refractivity contribution is 7.98. The first kappa shape index (κ1) is 23.6. The third-order valence-corrected chi connectivity index (χ3v) is 7.90. The minimum Gasteiger partial charge on any atom is -0.365 e. The van der Waals surface area contributed by atoms with Crippen LogP contribution in [0.3, 0.4) is 0 Å². The number of pyridine rings is 1. The summed E-state index contributed by atoms with van der Waals surface area (Å²) >= 11 is 1.58. The molecule has 2 aliphatic rings. The lowest BCUT2D eigenvalue weighted by Gasteiger charge is -2.38. The molecule has 6 nitrogen and oxygen atoms in total. The van der Waals surface area contributed by atoms with Crippen molar-refractivity contribution in [3.05, 3.63) is 57.9 Å². The van der Waals surface area contributed by atoms with Gasteiger partial charge in [-0.3, -0.25) is 0 Å². The quantitative estimate of drug-likeness (QED) is 0.469. The monoisotopic (exact) mass is 460 g/mol. The van der Waals surface area contributed by atoms with Gasteiger partial charge in [-0.25, -0.2) is 9.83 Å². The molecule has 3 heterocycles. The molecule has 1 aromatic carbocycles. The van der Waals surface area contributed by atoms with Gasteiger partial charge in [0.1, 0.15) is 16.9 Å². The van der Waals surface area contributed by atoms with Gasteiger partial charge < -0.3 is 15.5 Å². The van der Waals surface area contributed by atoms with E-state index in [1.54, 1.807) is 11.8 Å². The van der Waals surface area contributed by atoms with Crippen LogP contribution in [0.2, 0.25) is 0 Å². The summed E-state index contributed by atoms with van der Waals surface area (Å²) in [6.07, 6.45) is 5.50. The third-order valence-electron chi connectivity index (χ3n) is 6.85. The topological polar surface area (TPSA) is 73.5 Å². The van der Waals surface area contributed by atoms with Crippen LogP contribution in [0, 0.1) is 17.9 Å². The van der Waals surface area contributed by atoms with Gasteiger partial charge >= 0.3 is 0 Å². The van der Waals surface area contributed by atoms with Crippen LogP contribution in [-0.2, 0) is 18.7 Å². The SMILES string of the molecule is [C-]#[N+]c1c(N2CCC(N3CCCC3)CC2)nc(SCc2ccc(CN)cc2)c(C#N)c1CC. The molecule has 4 rings (SSSR count). The lowest BCUT2D eigenvalue weighted by atomic mass is 10.0. The zero-order valence-corrected chi connectivity index (χ0v) is 20.2. The van der Waals surface area contributed by atoms with Gasteiger partial charge in [0.2, 0.25) is 5.69 Å². The zero-order chi connectivity index (χ0) is 23.2. The number of piperidine rings is 1. The molecule has 33 heavy (non-hydrogen) atoms. The molecule has 0 spiro atoms. The van der Waals surface area contributed by atoms with E-state index in [4.69, 9.17) is 17.3 Å². The number of rotatable bonds is 7. The van der Waals surface area contributed by atoms with E-state index in [0.717, 1.165) is 53.7 Å². The van der Waals surface area contributed by atoms with E-state index >= 15 is 0 Å². The van der Waals surface area contributed by atoms with Crippen LogP contribution in [0.1, 0.15) is 54.9 Å². The van der Waals surface area contributed by atoms with Crippen LogP contribution >= 0.6 is 11.8 Å². The largest absolute Gasteiger partial charge is 0.365 e. The van der Waals surface area contributed by atoms with Gasteiger partial charge in [0.05, 0.1) is 12.1 Å². The Morgan fingerprint density at radius 2 is 1.82 bits per heavy atom. The summed E-state index contributed by atoms with van der Waals surface area (Å²) in [5, 5.41) is 10.7. The Bertz CT molecular complexity index is 1040. The smallest absolute Gasteiger partial charge is 0.232 e. The van der Waals surface area contributed by atoms with Crippen LogP contribution in [0.25, 0.3) is 4.85 Å². The number of nitrogens with two attached hydrogens (primary N) is 1. The minimum atomic E-state index is 0.531. The molecule has 0 atom stereocenters. The lowest BCUT2D eigenvalue weighted by molar-refractivity contribution is 0.207. The van der Waals surface area contributed by atoms with Crippen molar-refractivity contribution in [2.45, 2.75) is 62.4 Å². The highest BCUT2D eigenvalue weighted by atomic mass is 32.2. The fourth-order valence-corrected chi connectivity index (χ4v) is 5.92. The maximum atomic E-state index is 9.93. The first-order valence-corrected chi connectivity index (χ1v) is 12.9. The number of benzene rings is 1. The summed E-state index contributed by atoms with van der Waals surface area (Å²) < 4.78 is 0. The molecular formula is C26H32N6S. The lowest BCUT2D eigenvalue weighted by Crippen LogP contribution is -2.44. The molecule has 172 valence electrons. The van der Waals surface area contributed by atoms with E-state index in [1.807, 2.05) is 19.1 Å². The number of hydrogen-bond acceptors (Lipinski definition) is 6. The zero-order valence-electron chi connectivity index (χ0n) is 19.4. The first-order valence-electron chi connectivity index (χ1n) is 11.9. The molecule has 2 N–H and O–H groups in total. The third kappa shape index (κ3) is 5.17. The number of likely N-dealkylation sites (tertiary alicyclic amines) is 1. The van der Waals surface area contributed by atoms with Crippen molar-refractivity contribution < 1.29 is 0 Å². The van der Waals surface area contributed by atoms with Gasteiger partial charge in [-0.15, -0.1) is 11.8 Å². The van der Waals surface area contributed by atoms with Crippen LogP contribution in [0.4, 0.5) is 11.5 Å². The second-order valence-corrected chi connectivity index (χ2v) is 9.75. The average molecular weight is 461 g/mol. The van der Waals surface area contributed by atoms with Crippen molar-refractivity contribution in [3.63, 3.8) is 0 Å². The molecule has 7 heteroatoms. The predicted molar refractivity (Wildman–Crippen MR) is 135 cm³/mol. The van der Waals surface area contributed by atoms with Gasteiger partial charge in [-0.2, -0.15) is 5.26 Å². The molecule has 2 fully saturated rings. The number of aromatic nitrogens is 1. The molecular weight excluding hydrogens is 428 g/mol. The van der Waals surface area contributed by atoms with Crippen molar-refractivity contribution in [3.8, 4) is 6.07 Å². The first-order chi connectivity index (χ1) is 16.2. The van der Waals surface area contributed by atoms with Crippen LogP contribution in [0.15, 0.2) is 29.3 Å². The van der Waals surface area contributed by atoms with Crippen molar-refractivity contribution in [2.24, 2.45) is 5.73 Å². The van der Waals surface area contributed by atoms with E-state index in [2.05, 4.69) is 32.8 Å². The fraction of sp³-hybridized carbons (Fsp3) is 0.500. The predicted octanol–water partition coefficient (Wildman–Crippen LogP) is 4.88. The average Bonchev–Trinajstić information content (AvgIpc) is 3.42. The van der Waals surface area contributed by atoms with Crippen LogP contribution in [-0.4, -0.2) is 42.1 Å². The van der Waals surface area contributed by atoms with Crippen molar-refractivity contribution in [1.29, 1.82) is 5.26 Å².